The molecule has 11 nitrogen and oxygen atoms in total. The maximum Gasteiger partial charge on any atom is 0.354 e. The molecule has 0 spiro atoms. The van der Waals surface area contributed by atoms with Gasteiger partial charge in [0.2, 0.25) is 5.91 Å². The summed E-state index contributed by atoms with van der Waals surface area (Å²) in [6.07, 6.45) is 4.73. The van der Waals surface area contributed by atoms with Crippen molar-refractivity contribution >= 4 is 17.8 Å². The molecular weight excluding hydrogens is 496 g/mol. The Kier molecular flexibility index (Phi) is 9.04. The Morgan fingerprint density at radius 3 is 2.28 bits per heavy atom. The second-order valence-corrected chi connectivity index (χ2v) is 11.4. The van der Waals surface area contributed by atoms with Gasteiger partial charge < -0.3 is 26.2 Å². The fourth-order valence-electron chi connectivity index (χ4n) is 5.04. The third kappa shape index (κ3) is 7.43. The SMILES string of the molecule is CC1CCN(CCc2ccc(-n3ccc(NC(=O)N4CCN(C(=O)C(C)(C)N)CC4)nc3=O)cc2)CC[C@H]1N. The van der Waals surface area contributed by atoms with Crippen molar-refractivity contribution in [1.82, 2.24) is 24.3 Å². The van der Waals surface area contributed by atoms with Crippen LogP contribution in [-0.4, -0.2) is 93.6 Å². The topological polar surface area (TPSA) is 143 Å². The molecule has 39 heavy (non-hydrogen) atoms. The summed E-state index contributed by atoms with van der Waals surface area (Å²) in [5.74, 6) is 0.613. The number of likely N-dealkylation sites (tertiary alicyclic amines) is 1. The number of anilines is 1. The molecule has 2 saturated heterocycles. The smallest absolute Gasteiger partial charge is 0.338 e. The molecule has 0 radical (unpaired) electrons. The average Bonchev–Trinajstić information content (AvgIpc) is 3.07. The van der Waals surface area contributed by atoms with E-state index in [9.17, 15) is 14.4 Å². The second-order valence-electron chi connectivity index (χ2n) is 11.4. The molecule has 1 aromatic heterocycles. The monoisotopic (exact) mass is 538 g/mol. The molecule has 4 rings (SSSR count). The minimum Gasteiger partial charge on any atom is -0.338 e. The third-order valence-electron chi connectivity index (χ3n) is 7.79. The Labute approximate surface area is 230 Å². The van der Waals surface area contributed by atoms with Crippen LogP contribution in [0.2, 0.25) is 0 Å². The fraction of sp³-hybridized carbons (Fsp3) is 0.571. The van der Waals surface area contributed by atoms with Gasteiger partial charge >= 0.3 is 11.7 Å². The van der Waals surface area contributed by atoms with Crippen molar-refractivity contribution < 1.29 is 9.59 Å². The zero-order chi connectivity index (χ0) is 28.2. The first-order chi connectivity index (χ1) is 18.5. The minimum absolute atomic E-state index is 0.141. The quantitative estimate of drug-likeness (QED) is 0.502. The third-order valence-corrected chi connectivity index (χ3v) is 7.79. The van der Waals surface area contributed by atoms with E-state index in [0.717, 1.165) is 38.9 Å². The van der Waals surface area contributed by atoms with Gasteiger partial charge in [0.25, 0.3) is 0 Å². The number of nitrogens with zero attached hydrogens (tertiary/aromatic N) is 5. The fourth-order valence-corrected chi connectivity index (χ4v) is 5.04. The molecule has 5 N–H and O–H groups in total. The lowest BCUT2D eigenvalue weighted by Crippen LogP contribution is -2.58. The van der Waals surface area contributed by atoms with Crippen LogP contribution in [0.3, 0.4) is 0 Å². The van der Waals surface area contributed by atoms with Gasteiger partial charge in [0.05, 0.1) is 11.2 Å². The van der Waals surface area contributed by atoms with Gasteiger partial charge in [-0.1, -0.05) is 19.1 Å². The van der Waals surface area contributed by atoms with Crippen molar-refractivity contribution in [3.8, 4) is 5.69 Å². The maximum absolute atomic E-state index is 12.7. The molecule has 3 amide bonds. The van der Waals surface area contributed by atoms with Gasteiger partial charge in [-0.25, -0.2) is 9.59 Å². The molecule has 2 aromatic rings. The summed E-state index contributed by atoms with van der Waals surface area (Å²) in [5, 5.41) is 2.69. The highest BCUT2D eigenvalue weighted by Crippen LogP contribution is 2.17. The molecule has 2 aliphatic heterocycles. The number of hydrogen-bond acceptors (Lipinski definition) is 7. The second kappa shape index (κ2) is 12.3. The first-order valence-electron chi connectivity index (χ1n) is 13.8. The average molecular weight is 539 g/mol. The molecule has 2 atom stereocenters. The first kappa shape index (κ1) is 28.7. The summed E-state index contributed by atoms with van der Waals surface area (Å²) in [7, 11) is 0. The van der Waals surface area contributed by atoms with E-state index in [-0.39, 0.29) is 23.8 Å². The van der Waals surface area contributed by atoms with Crippen LogP contribution in [0.25, 0.3) is 5.69 Å². The molecule has 1 aromatic carbocycles. The van der Waals surface area contributed by atoms with Gasteiger partial charge in [-0.15, -0.1) is 0 Å². The van der Waals surface area contributed by atoms with Crippen molar-refractivity contribution in [2.45, 2.75) is 51.6 Å². The van der Waals surface area contributed by atoms with Crippen LogP contribution in [0.5, 0.6) is 0 Å². The molecule has 3 heterocycles. The number of rotatable bonds is 6. The van der Waals surface area contributed by atoms with Crippen LogP contribution in [0.1, 0.15) is 39.2 Å². The van der Waals surface area contributed by atoms with Crippen molar-refractivity contribution in [1.29, 1.82) is 0 Å². The van der Waals surface area contributed by atoms with Crippen LogP contribution in [0.15, 0.2) is 41.3 Å². The van der Waals surface area contributed by atoms with Gasteiger partial charge in [-0.05, 0) is 75.9 Å². The summed E-state index contributed by atoms with van der Waals surface area (Å²) in [4.78, 5) is 47.6. The van der Waals surface area contributed by atoms with E-state index in [1.54, 1.807) is 35.9 Å². The molecule has 1 unspecified atom stereocenters. The summed E-state index contributed by atoms with van der Waals surface area (Å²) in [6.45, 7) is 10.3. The summed E-state index contributed by atoms with van der Waals surface area (Å²) in [6, 6.07) is 9.46. The zero-order valence-corrected chi connectivity index (χ0v) is 23.3. The predicted molar refractivity (Wildman–Crippen MR) is 152 cm³/mol. The van der Waals surface area contributed by atoms with Crippen LogP contribution < -0.4 is 22.5 Å². The summed E-state index contributed by atoms with van der Waals surface area (Å²) < 4.78 is 1.45. The van der Waals surface area contributed by atoms with Crippen molar-refractivity contribution in [2.24, 2.45) is 17.4 Å². The van der Waals surface area contributed by atoms with Gasteiger partial charge in [-0.2, -0.15) is 4.98 Å². The van der Waals surface area contributed by atoms with Crippen molar-refractivity contribution in [2.75, 3.05) is 51.1 Å². The van der Waals surface area contributed by atoms with E-state index >= 15 is 0 Å². The summed E-state index contributed by atoms with van der Waals surface area (Å²) in [5.41, 5.74) is 12.6. The van der Waals surface area contributed by atoms with Gasteiger partial charge in [0.1, 0.15) is 5.82 Å². The van der Waals surface area contributed by atoms with Crippen LogP contribution >= 0.6 is 0 Å². The normalized spacial score (nSPS) is 20.9. The molecule has 11 heteroatoms. The maximum atomic E-state index is 12.7. The molecule has 0 bridgehead atoms. The Bertz CT molecular complexity index is 1190. The van der Waals surface area contributed by atoms with Gasteiger partial charge in [-0.3, -0.25) is 14.7 Å². The van der Waals surface area contributed by atoms with E-state index in [2.05, 4.69) is 22.1 Å². The number of nitrogens with one attached hydrogen (secondary N) is 1. The Balaban J connectivity index is 1.29. The van der Waals surface area contributed by atoms with Crippen LogP contribution in [0, 0.1) is 5.92 Å². The van der Waals surface area contributed by atoms with Crippen LogP contribution in [-0.2, 0) is 11.2 Å². The van der Waals surface area contributed by atoms with Crippen molar-refractivity contribution in [3.63, 3.8) is 0 Å². The Morgan fingerprint density at radius 2 is 1.64 bits per heavy atom. The number of piperazine rings is 1. The summed E-state index contributed by atoms with van der Waals surface area (Å²) >= 11 is 0. The Hall–Kier alpha value is -3.28. The van der Waals surface area contributed by atoms with E-state index in [1.807, 2.05) is 24.3 Å². The highest BCUT2D eigenvalue weighted by atomic mass is 16.2. The molecule has 2 aliphatic rings. The minimum atomic E-state index is -0.945. The molecule has 0 aliphatic carbocycles. The largest absolute Gasteiger partial charge is 0.354 e. The lowest BCUT2D eigenvalue weighted by atomic mass is 9.98. The predicted octanol–water partition coefficient (Wildman–Crippen LogP) is 1.25. The number of nitrogens with two attached hydrogens (primary N) is 2. The number of hydrogen-bond donors (Lipinski definition) is 3. The molecule has 212 valence electrons. The van der Waals surface area contributed by atoms with Crippen molar-refractivity contribution in [3.05, 3.63) is 52.6 Å². The lowest BCUT2D eigenvalue weighted by Gasteiger charge is -2.37. The number of urea groups is 1. The van der Waals surface area contributed by atoms with E-state index in [4.69, 9.17) is 11.5 Å². The molecule has 0 saturated carbocycles. The number of carbonyl (C=O) groups excluding carboxylic acids is 2. The van der Waals surface area contributed by atoms with Gasteiger partial charge in [0, 0.05) is 45.0 Å². The number of benzene rings is 1. The van der Waals surface area contributed by atoms with Gasteiger partial charge in [0.15, 0.2) is 0 Å². The lowest BCUT2D eigenvalue weighted by molar-refractivity contribution is -0.137. The van der Waals surface area contributed by atoms with E-state index in [1.165, 1.54) is 10.1 Å². The first-order valence-corrected chi connectivity index (χ1v) is 13.8. The molecule has 2 fully saturated rings. The highest BCUT2D eigenvalue weighted by molar-refractivity contribution is 5.89. The van der Waals surface area contributed by atoms with E-state index in [0.29, 0.717) is 37.8 Å². The molecular formula is C28H42N8O3. The van der Waals surface area contributed by atoms with E-state index < -0.39 is 11.2 Å². The Morgan fingerprint density at radius 1 is 1.00 bits per heavy atom. The van der Waals surface area contributed by atoms with Crippen LogP contribution in [0.4, 0.5) is 10.6 Å². The number of carbonyl (C=O) groups is 2. The number of amides is 3. The zero-order valence-electron chi connectivity index (χ0n) is 23.3. The number of aromatic nitrogens is 2. The highest BCUT2D eigenvalue weighted by Gasteiger charge is 2.31. The standard InChI is InChI=1S/C28H42N8O3/c1-20-8-12-33(14-10-23(20)29)13-9-21-4-6-22(7-5-21)36-15-11-24(32-27(36)39)31-26(38)35-18-16-34(17-19-35)25(37)28(2,3)30/h4-7,11,15,20,23H,8-10,12-14,16-19,29-30H2,1-3H3,(H,31,32,38,39)/t20?,23-/m1/s1.